The van der Waals surface area contributed by atoms with Crippen molar-refractivity contribution in [1.29, 1.82) is 0 Å². The van der Waals surface area contributed by atoms with Crippen LogP contribution in [0.25, 0.3) is 6.08 Å². The number of allylic oxidation sites excluding steroid dienone is 1. The maximum atomic E-state index is 11.2. The minimum Gasteiger partial charge on any atom is -0.493 e. The molecule has 7 heteroatoms. The van der Waals surface area contributed by atoms with E-state index >= 15 is 0 Å². The van der Waals surface area contributed by atoms with Crippen LogP contribution >= 0.6 is 0 Å². The molecular weight excluding hydrogens is 516 g/mol. The molecule has 1 aromatic heterocycles. The molecule has 0 radical (unpaired) electrons. The van der Waals surface area contributed by atoms with E-state index in [1.165, 1.54) is 18.1 Å². The number of aromatic nitrogens is 2. The van der Waals surface area contributed by atoms with Crippen molar-refractivity contribution in [2.75, 3.05) is 6.61 Å². The smallest absolute Gasteiger partial charge is 0.356 e. The Bertz CT molecular complexity index is 1430. The molecule has 0 aliphatic carbocycles. The molecule has 0 saturated carbocycles. The zero-order valence-electron chi connectivity index (χ0n) is 23.1. The van der Waals surface area contributed by atoms with Crippen LogP contribution in [0.5, 0.6) is 5.75 Å². The fraction of sp³-hybridized carbons (Fsp3) is 0.265. The average molecular weight is 553 g/mol. The molecule has 212 valence electrons. The lowest BCUT2D eigenvalue weighted by molar-refractivity contribution is 0.0682. The number of imidazole rings is 1. The van der Waals surface area contributed by atoms with Gasteiger partial charge in [-0.15, -0.1) is 0 Å². The number of nitrogens with zero attached hydrogens (tertiary/aromatic N) is 2. The van der Waals surface area contributed by atoms with Gasteiger partial charge < -0.3 is 19.5 Å². The molecule has 2 N–H and O–H groups in total. The average Bonchev–Trinajstić information content (AvgIpc) is 3.47. The molecule has 1 unspecified atom stereocenters. The van der Waals surface area contributed by atoms with Crippen molar-refractivity contribution < 1.29 is 24.5 Å². The number of hydrogen-bond donors (Lipinski definition) is 2. The van der Waals surface area contributed by atoms with E-state index in [0.29, 0.717) is 19.6 Å². The van der Waals surface area contributed by atoms with Crippen molar-refractivity contribution in [3.63, 3.8) is 0 Å². The van der Waals surface area contributed by atoms with Crippen LogP contribution in [0.4, 0.5) is 0 Å². The normalized spacial score (nSPS) is 11.9. The summed E-state index contributed by atoms with van der Waals surface area (Å²) in [5.74, 6) is -1.04. The van der Waals surface area contributed by atoms with Crippen molar-refractivity contribution in [2.45, 2.75) is 45.1 Å². The third-order valence-electron chi connectivity index (χ3n) is 6.99. The van der Waals surface area contributed by atoms with E-state index in [1.807, 2.05) is 42.5 Å². The first-order chi connectivity index (χ1) is 20.0. The number of carboxylic acids is 2. The first-order valence-corrected chi connectivity index (χ1v) is 14.0. The largest absolute Gasteiger partial charge is 0.493 e. The van der Waals surface area contributed by atoms with E-state index < -0.39 is 11.9 Å². The Kier molecular flexibility index (Phi) is 10.9. The number of carbonyl (C=O) groups is 2. The summed E-state index contributed by atoms with van der Waals surface area (Å²) in [7, 11) is 0. The fourth-order valence-corrected chi connectivity index (χ4v) is 4.68. The molecule has 1 heterocycles. The monoisotopic (exact) mass is 552 g/mol. The maximum Gasteiger partial charge on any atom is 0.356 e. The van der Waals surface area contributed by atoms with E-state index in [1.54, 1.807) is 16.7 Å². The van der Waals surface area contributed by atoms with Crippen LogP contribution in [0.3, 0.4) is 0 Å². The molecule has 0 saturated heterocycles. The summed E-state index contributed by atoms with van der Waals surface area (Å²) >= 11 is 0. The zero-order valence-corrected chi connectivity index (χ0v) is 23.1. The topological polar surface area (TPSA) is 102 Å². The lowest BCUT2D eigenvalue weighted by atomic mass is 9.94. The highest BCUT2D eigenvalue weighted by Gasteiger charge is 2.12. The van der Waals surface area contributed by atoms with Crippen molar-refractivity contribution in [1.82, 2.24) is 9.55 Å². The zero-order chi connectivity index (χ0) is 28.9. The number of ether oxygens (including phenoxy) is 1. The second-order valence-electron chi connectivity index (χ2n) is 10.1. The summed E-state index contributed by atoms with van der Waals surface area (Å²) in [6.07, 6.45) is 13.1. The molecule has 0 amide bonds. The third-order valence-corrected chi connectivity index (χ3v) is 6.99. The molecule has 0 aliphatic rings. The summed E-state index contributed by atoms with van der Waals surface area (Å²) in [6, 6.07) is 25.5. The van der Waals surface area contributed by atoms with Gasteiger partial charge in [0.25, 0.3) is 0 Å². The first-order valence-electron chi connectivity index (χ1n) is 14.0. The van der Waals surface area contributed by atoms with Gasteiger partial charge in [-0.2, -0.15) is 0 Å². The van der Waals surface area contributed by atoms with Gasteiger partial charge in [-0.1, -0.05) is 72.8 Å². The van der Waals surface area contributed by atoms with E-state index in [4.69, 9.17) is 4.74 Å². The highest BCUT2D eigenvalue weighted by molar-refractivity contribution is 5.87. The van der Waals surface area contributed by atoms with Crippen LogP contribution in [-0.4, -0.2) is 38.3 Å². The standard InChI is InChI=1S/C34H36N2O5/c37-33(38)30-18-15-27(16-19-30)23-28(20-21-36-24-31(34(39)40)35-25-36)14-17-29-12-6-7-13-32(29)41-22-8-2-5-11-26-9-3-1-4-10-26/h1,3-4,6-7,9-10,12-19,24-25,28H,2,5,8,11,20-23H2,(H,37,38)(H,39,40). The Hall–Kier alpha value is -4.65. The summed E-state index contributed by atoms with van der Waals surface area (Å²) in [5.41, 5.74) is 3.67. The van der Waals surface area contributed by atoms with Crippen molar-refractivity contribution >= 4 is 18.0 Å². The number of unbranched alkanes of at least 4 members (excludes halogenated alkanes) is 2. The molecule has 4 rings (SSSR count). The summed E-state index contributed by atoms with van der Waals surface area (Å²) < 4.78 is 7.94. The second-order valence-corrected chi connectivity index (χ2v) is 10.1. The van der Waals surface area contributed by atoms with Crippen LogP contribution in [0, 0.1) is 5.92 Å². The Labute approximate surface area is 240 Å². The molecular formula is C34H36N2O5. The second kappa shape index (κ2) is 15.2. The van der Waals surface area contributed by atoms with E-state index in [0.717, 1.165) is 49.0 Å². The summed E-state index contributed by atoms with van der Waals surface area (Å²) in [6.45, 7) is 1.26. The minimum atomic E-state index is -1.05. The minimum absolute atomic E-state index is 0.0208. The number of rotatable bonds is 16. The van der Waals surface area contributed by atoms with Gasteiger partial charge in [0.05, 0.1) is 18.5 Å². The third kappa shape index (κ3) is 9.49. The highest BCUT2D eigenvalue weighted by atomic mass is 16.5. The Morgan fingerprint density at radius 3 is 2.34 bits per heavy atom. The number of para-hydroxylation sites is 1. The van der Waals surface area contributed by atoms with Crippen LogP contribution < -0.4 is 4.74 Å². The predicted molar refractivity (Wildman–Crippen MR) is 159 cm³/mol. The Morgan fingerprint density at radius 2 is 1.61 bits per heavy atom. The van der Waals surface area contributed by atoms with Crippen LogP contribution in [0.2, 0.25) is 0 Å². The van der Waals surface area contributed by atoms with Gasteiger partial charge in [-0.25, -0.2) is 14.6 Å². The van der Waals surface area contributed by atoms with Gasteiger partial charge >= 0.3 is 11.9 Å². The Balaban J connectivity index is 1.37. The number of benzene rings is 3. The molecule has 41 heavy (non-hydrogen) atoms. The van der Waals surface area contributed by atoms with Crippen molar-refractivity contribution in [3.8, 4) is 5.75 Å². The highest BCUT2D eigenvalue weighted by Crippen LogP contribution is 2.23. The molecule has 4 aromatic rings. The van der Waals surface area contributed by atoms with Crippen LogP contribution in [0.15, 0.2) is 97.5 Å². The van der Waals surface area contributed by atoms with Crippen LogP contribution in [-0.2, 0) is 19.4 Å². The van der Waals surface area contributed by atoms with E-state index in [9.17, 15) is 19.8 Å². The van der Waals surface area contributed by atoms with Crippen molar-refractivity contribution in [3.05, 3.63) is 125 Å². The number of carboxylic acid groups (broad SMARTS) is 2. The lowest BCUT2D eigenvalue weighted by Crippen LogP contribution is -2.07. The molecule has 0 fully saturated rings. The summed E-state index contributed by atoms with van der Waals surface area (Å²) in [5, 5.41) is 18.4. The first kappa shape index (κ1) is 29.3. The number of aromatic carboxylic acids is 2. The molecule has 7 nitrogen and oxygen atoms in total. The fourth-order valence-electron chi connectivity index (χ4n) is 4.68. The SMILES string of the molecule is O=C(O)c1ccc(CC(C=Cc2ccccc2OCCCCCc2ccccc2)CCn2cnc(C(=O)O)c2)cc1. The maximum absolute atomic E-state index is 11.2. The van der Waals surface area contributed by atoms with Crippen LogP contribution in [0.1, 0.15) is 63.2 Å². The van der Waals surface area contributed by atoms with Gasteiger partial charge in [0.1, 0.15) is 5.75 Å². The lowest BCUT2D eigenvalue weighted by Gasteiger charge is -2.15. The summed E-state index contributed by atoms with van der Waals surface area (Å²) in [4.78, 5) is 26.4. The molecule has 0 spiro atoms. The van der Waals surface area contributed by atoms with E-state index in [2.05, 4.69) is 41.4 Å². The number of aryl methyl sites for hydroxylation is 2. The van der Waals surface area contributed by atoms with Gasteiger partial charge in [0.15, 0.2) is 5.69 Å². The molecule has 0 aliphatic heterocycles. The van der Waals surface area contributed by atoms with Gasteiger partial charge in [0, 0.05) is 18.3 Å². The molecule has 1 atom stereocenters. The van der Waals surface area contributed by atoms with Gasteiger partial charge in [0.2, 0.25) is 0 Å². The van der Waals surface area contributed by atoms with Crippen molar-refractivity contribution in [2.24, 2.45) is 5.92 Å². The van der Waals surface area contributed by atoms with E-state index in [-0.39, 0.29) is 17.2 Å². The number of hydrogen-bond acceptors (Lipinski definition) is 4. The quantitative estimate of drug-likeness (QED) is 0.145. The Morgan fingerprint density at radius 1 is 0.854 bits per heavy atom. The molecule has 0 bridgehead atoms. The van der Waals surface area contributed by atoms with Gasteiger partial charge in [-0.05, 0) is 73.8 Å². The van der Waals surface area contributed by atoms with Gasteiger partial charge in [-0.3, -0.25) is 0 Å². The predicted octanol–water partition coefficient (Wildman–Crippen LogP) is 7.03. The molecule has 3 aromatic carbocycles.